The lowest BCUT2D eigenvalue weighted by atomic mass is 9.88. The van der Waals surface area contributed by atoms with Gasteiger partial charge in [-0.05, 0) is 26.8 Å². The number of ether oxygens (including phenoxy) is 1. The second-order valence-corrected chi connectivity index (χ2v) is 5.30. The number of hydrogen-bond acceptors (Lipinski definition) is 4. The monoisotopic (exact) mass is 281 g/mol. The molecule has 0 aromatic carbocycles. The lowest BCUT2D eigenvalue weighted by Gasteiger charge is -2.23. The summed E-state index contributed by atoms with van der Waals surface area (Å²) in [4.78, 5) is 24.8. The van der Waals surface area contributed by atoms with Gasteiger partial charge < -0.3 is 4.74 Å². The maximum atomic E-state index is 12.5. The molecule has 7 heteroatoms. The molecule has 1 atom stereocenters. The fourth-order valence-corrected chi connectivity index (χ4v) is 2.01. The first-order chi connectivity index (χ1) is 8.59. The minimum atomic E-state index is -4.23. The number of carbonyl (C=O) groups is 2. The summed E-state index contributed by atoms with van der Waals surface area (Å²) in [6, 6.07) is 0. The number of alkyl halides is 3. The first kappa shape index (κ1) is 15.9. The Bertz CT molecular complexity index is 366. The van der Waals surface area contributed by atoms with Gasteiger partial charge in [0.25, 0.3) is 0 Å². The molecule has 0 N–H and O–H groups in total. The first-order valence-electron chi connectivity index (χ1n) is 5.99. The van der Waals surface area contributed by atoms with E-state index in [9.17, 15) is 22.8 Å². The lowest BCUT2D eigenvalue weighted by molar-refractivity contribution is -0.171. The fourth-order valence-electron chi connectivity index (χ4n) is 2.01. The van der Waals surface area contributed by atoms with E-state index in [1.54, 1.807) is 0 Å². The second-order valence-electron chi connectivity index (χ2n) is 5.30. The summed E-state index contributed by atoms with van der Waals surface area (Å²) in [5.74, 6) is -2.49. The zero-order chi connectivity index (χ0) is 14.8. The third-order valence-corrected chi connectivity index (χ3v) is 3.50. The van der Waals surface area contributed by atoms with Crippen molar-refractivity contribution in [2.45, 2.75) is 26.4 Å². The molecule has 1 rings (SSSR count). The van der Waals surface area contributed by atoms with Gasteiger partial charge in [0.2, 0.25) is 0 Å². The molecule has 0 saturated carbocycles. The number of Topliss-reactive ketones (excluding diaryl/α,β-unsaturated/α-hetero) is 1. The third-order valence-electron chi connectivity index (χ3n) is 3.50. The van der Waals surface area contributed by atoms with Gasteiger partial charge in [0, 0.05) is 6.54 Å². The fraction of sp³-hybridized carbons (Fsp3) is 0.833. The van der Waals surface area contributed by atoms with Gasteiger partial charge in [0.05, 0.1) is 19.6 Å². The molecule has 1 saturated heterocycles. The molecule has 19 heavy (non-hydrogen) atoms. The van der Waals surface area contributed by atoms with E-state index in [2.05, 4.69) is 4.74 Å². The van der Waals surface area contributed by atoms with Crippen molar-refractivity contribution in [2.75, 3.05) is 26.7 Å². The van der Waals surface area contributed by atoms with Crippen LogP contribution in [0.3, 0.4) is 0 Å². The molecule has 0 radical (unpaired) electrons. The Hall–Kier alpha value is -1.11. The van der Waals surface area contributed by atoms with Crippen LogP contribution in [0.5, 0.6) is 0 Å². The SMILES string of the molecule is COC(=O)C(C)(C)C(=O)CN1CCC(C(F)(F)F)C1. The molecule has 1 aliphatic heterocycles. The molecule has 1 fully saturated rings. The average Bonchev–Trinajstić information content (AvgIpc) is 2.75. The molecule has 110 valence electrons. The minimum absolute atomic E-state index is 0.00453. The summed E-state index contributed by atoms with van der Waals surface area (Å²) in [5, 5.41) is 0. The molecule has 0 amide bonds. The summed E-state index contributed by atoms with van der Waals surface area (Å²) in [6.07, 6.45) is -4.23. The second kappa shape index (κ2) is 5.48. The number of hydrogen-bond donors (Lipinski definition) is 0. The van der Waals surface area contributed by atoms with E-state index >= 15 is 0 Å². The molecule has 0 aliphatic carbocycles. The first-order valence-corrected chi connectivity index (χ1v) is 5.99. The van der Waals surface area contributed by atoms with Crippen LogP contribution >= 0.6 is 0 Å². The Kier molecular flexibility index (Phi) is 4.60. The van der Waals surface area contributed by atoms with Gasteiger partial charge in [0.1, 0.15) is 5.41 Å². The number of rotatable bonds is 4. The van der Waals surface area contributed by atoms with Crippen molar-refractivity contribution in [1.29, 1.82) is 0 Å². The zero-order valence-corrected chi connectivity index (χ0v) is 11.2. The number of likely N-dealkylation sites (tertiary alicyclic amines) is 1. The van der Waals surface area contributed by atoms with E-state index in [0.717, 1.165) is 0 Å². The number of esters is 1. The van der Waals surface area contributed by atoms with E-state index < -0.39 is 29.3 Å². The maximum absolute atomic E-state index is 12.5. The summed E-state index contributed by atoms with van der Waals surface area (Å²) < 4.78 is 42.0. The number of methoxy groups -OCH3 is 1. The molecule has 1 unspecified atom stereocenters. The minimum Gasteiger partial charge on any atom is -0.468 e. The van der Waals surface area contributed by atoms with Crippen LogP contribution < -0.4 is 0 Å². The van der Waals surface area contributed by atoms with Gasteiger partial charge in [0.15, 0.2) is 5.78 Å². The van der Waals surface area contributed by atoms with Crippen LogP contribution in [0.15, 0.2) is 0 Å². The van der Waals surface area contributed by atoms with Crippen LogP contribution in [0.4, 0.5) is 13.2 Å². The highest BCUT2D eigenvalue weighted by Gasteiger charge is 2.45. The van der Waals surface area contributed by atoms with E-state index in [1.807, 2.05) is 0 Å². The van der Waals surface area contributed by atoms with Crippen LogP contribution in [0, 0.1) is 11.3 Å². The number of nitrogens with zero attached hydrogens (tertiary/aromatic N) is 1. The van der Waals surface area contributed by atoms with Crippen molar-refractivity contribution in [3.8, 4) is 0 Å². The Balaban J connectivity index is 2.58. The summed E-state index contributed by atoms with van der Waals surface area (Å²) in [7, 11) is 1.17. The van der Waals surface area contributed by atoms with Crippen molar-refractivity contribution in [2.24, 2.45) is 11.3 Å². The molecule has 0 aromatic rings. The molecular formula is C12H18F3NO3. The number of halogens is 3. The van der Waals surface area contributed by atoms with Crippen molar-refractivity contribution in [1.82, 2.24) is 4.90 Å². The van der Waals surface area contributed by atoms with E-state index in [-0.39, 0.29) is 26.1 Å². The standard InChI is InChI=1S/C12H18F3NO3/c1-11(2,10(18)19-3)9(17)7-16-5-4-8(6-16)12(13,14)15/h8H,4-7H2,1-3H3. The van der Waals surface area contributed by atoms with Crippen LogP contribution in [-0.2, 0) is 14.3 Å². The van der Waals surface area contributed by atoms with Gasteiger partial charge in [-0.2, -0.15) is 13.2 Å². The van der Waals surface area contributed by atoms with Crippen molar-refractivity contribution in [3.05, 3.63) is 0 Å². The topological polar surface area (TPSA) is 46.6 Å². The maximum Gasteiger partial charge on any atom is 0.393 e. The molecule has 1 aliphatic rings. The van der Waals surface area contributed by atoms with Crippen molar-refractivity contribution >= 4 is 11.8 Å². The normalized spacial score (nSPS) is 21.5. The van der Waals surface area contributed by atoms with Crippen molar-refractivity contribution < 1.29 is 27.5 Å². The van der Waals surface area contributed by atoms with Gasteiger partial charge in [-0.15, -0.1) is 0 Å². The quantitative estimate of drug-likeness (QED) is 0.580. The van der Waals surface area contributed by atoms with E-state index in [1.165, 1.54) is 25.9 Å². The molecule has 1 heterocycles. The van der Waals surface area contributed by atoms with Crippen LogP contribution in [-0.4, -0.2) is 49.6 Å². The zero-order valence-electron chi connectivity index (χ0n) is 11.2. The Morgan fingerprint density at radius 2 is 1.89 bits per heavy atom. The van der Waals surface area contributed by atoms with Gasteiger partial charge in [-0.25, -0.2) is 0 Å². The van der Waals surface area contributed by atoms with Crippen LogP contribution in [0.25, 0.3) is 0 Å². The average molecular weight is 281 g/mol. The molecule has 0 spiro atoms. The summed E-state index contributed by atoms with van der Waals surface area (Å²) in [6.45, 7) is 2.70. The van der Waals surface area contributed by atoms with Gasteiger partial charge in [-0.3, -0.25) is 14.5 Å². The largest absolute Gasteiger partial charge is 0.468 e. The molecule has 0 bridgehead atoms. The Labute approximate surface area is 109 Å². The number of carbonyl (C=O) groups excluding carboxylic acids is 2. The summed E-state index contributed by atoms with van der Waals surface area (Å²) >= 11 is 0. The molecule has 0 aromatic heterocycles. The van der Waals surface area contributed by atoms with Crippen LogP contribution in [0.2, 0.25) is 0 Å². The highest BCUT2D eigenvalue weighted by molar-refractivity contribution is 6.03. The van der Waals surface area contributed by atoms with E-state index in [0.29, 0.717) is 0 Å². The predicted octanol–water partition coefficient (Wildman–Crippen LogP) is 1.64. The third kappa shape index (κ3) is 3.68. The number of ketones is 1. The molecular weight excluding hydrogens is 263 g/mol. The predicted molar refractivity (Wildman–Crippen MR) is 61.4 cm³/mol. The van der Waals surface area contributed by atoms with Gasteiger partial charge >= 0.3 is 12.1 Å². The van der Waals surface area contributed by atoms with Crippen molar-refractivity contribution in [3.63, 3.8) is 0 Å². The van der Waals surface area contributed by atoms with Gasteiger partial charge in [-0.1, -0.05) is 0 Å². The smallest absolute Gasteiger partial charge is 0.393 e. The van der Waals surface area contributed by atoms with E-state index in [4.69, 9.17) is 0 Å². The Morgan fingerprint density at radius 1 is 1.32 bits per heavy atom. The highest BCUT2D eigenvalue weighted by Crippen LogP contribution is 2.33. The van der Waals surface area contributed by atoms with Crippen LogP contribution in [0.1, 0.15) is 20.3 Å². The molecule has 4 nitrogen and oxygen atoms in total. The summed E-state index contributed by atoms with van der Waals surface area (Å²) in [5.41, 5.74) is -1.33. The lowest BCUT2D eigenvalue weighted by Crippen LogP contribution is -2.41. The highest BCUT2D eigenvalue weighted by atomic mass is 19.4. The Morgan fingerprint density at radius 3 is 2.32 bits per heavy atom.